The average molecular weight is 414 g/mol. The number of nitro benzene ring substituents is 1. The Kier molecular flexibility index (Phi) is 5.01. The van der Waals surface area contributed by atoms with E-state index in [9.17, 15) is 19.7 Å². The van der Waals surface area contributed by atoms with Crippen LogP contribution in [-0.4, -0.2) is 27.5 Å². The molecule has 0 aliphatic heterocycles. The molecule has 2 heterocycles. The normalized spacial score (nSPS) is 13.1. The largest absolute Gasteiger partial charge is 0.495 e. The van der Waals surface area contributed by atoms with Crippen molar-refractivity contribution >= 4 is 38.8 Å². The van der Waals surface area contributed by atoms with Crippen LogP contribution in [-0.2, 0) is 24.2 Å². The van der Waals surface area contributed by atoms with Gasteiger partial charge in [0.05, 0.1) is 29.4 Å². The number of hydrogen-bond acceptors (Lipinski definition) is 7. The second-order valence-electron chi connectivity index (χ2n) is 6.76. The van der Waals surface area contributed by atoms with E-state index < -0.39 is 10.8 Å². The maximum atomic E-state index is 13.0. The van der Waals surface area contributed by atoms with E-state index in [1.54, 1.807) is 11.3 Å². The van der Waals surface area contributed by atoms with Crippen molar-refractivity contribution in [2.75, 3.05) is 12.4 Å². The molecule has 1 aliphatic carbocycles. The number of carbonyl (C=O) groups is 1. The number of fused-ring (bicyclic) bond motifs is 3. The van der Waals surface area contributed by atoms with E-state index >= 15 is 0 Å². The molecular formula is C19H18N4O5S. The van der Waals surface area contributed by atoms with Gasteiger partial charge in [-0.05, 0) is 37.3 Å². The molecule has 1 aliphatic rings. The van der Waals surface area contributed by atoms with Gasteiger partial charge in [-0.1, -0.05) is 0 Å². The second-order valence-corrected chi connectivity index (χ2v) is 7.84. The van der Waals surface area contributed by atoms with E-state index in [4.69, 9.17) is 4.74 Å². The van der Waals surface area contributed by atoms with Crippen LogP contribution in [0.5, 0.6) is 5.75 Å². The van der Waals surface area contributed by atoms with Gasteiger partial charge in [-0.25, -0.2) is 4.98 Å². The first kappa shape index (κ1) is 19.1. The van der Waals surface area contributed by atoms with Crippen molar-refractivity contribution in [2.45, 2.75) is 32.2 Å². The van der Waals surface area contributed by atoms with Crippen molar-refractivity contribution in [2.24, 2.45) is 0 Å². The zero-order valence-corrected chi connectivity index (χ0v) is 16.5. The number of hydrogen-bond donors (Lipinski definition) is 1. The molecule has 0 spiro atoms. The molecule has 29 heavy (non-hydrogen) atoms. The molecule has 0 atom stereocenters. The molecule has 0 unspecified atom stereocenters. The van der Waals surface area contributed by atoms with Crippen LogP contribution in [0.4, 0.5) is 11.4 Å². The maximum Gasteiger partial charge on any atom is 0.271 e. The maximum absolute atomic E-state index is 13.0. The number of non-ortho nitro benzene ring substituents is 1. The van der Waals surface area contributed by atoms with Crippen molar-refractivity contribution in [3.63, 3.8) is 0 Å². The molecule has 4 rings (SSSR count). The molecule has 0 fully saturated rings. The number of ether oxygens (including phenoxy) is 1. The highest BCUT2D eigenvalue weighted by Gasteiger charge is 2.21. The highest BCUT2D eigenvalue weighted by Crippen LogP contribution is 2.33. The van der Waals surface area contributed by atoms with Crippen LogP contribution in [0.1, 0.15) is 23.3 Å². The number of nitro groups is 1. The number of anilines is 1. The van der Waals surface area contributed by atoms with E-state index in [1.807, 2.05) is 0 Å². The van der Waals surface area contributed by atoms with Crippen molar-refractivity contribution in [1.29, 1.82) is 0 Å². The Bertz CT molecular complexity index is 1180. The van der Waals surface area contributed by atoms with Gasteiger partial charge in [0.1, 0.15) is 17.1 Å². The smallest absolute Gasteiger partial charge is 0.271 e. The van der Waals surface area contributed by atoms with Crippen LogP contribution in [0.3, 0.4) is 0 Å². The fourth-order valence-electron chi connectivity index (χ4n) is 3.55. The van der Waals surface area contributed by atoms with E-state index in [-0.39, 0.29) is 29.2 Å². The Morgan fingerprint density at radius 3 is 2.93 bits per heavy atom. The Morgan fingerprint density at radius 1 is 1.38 bits per heavy atom. The predicted molar refractivity (Wildman–Crippen MR) is 109 cm³/mol. The minimum Gasteiger partial charge on any atom is -0.495 e. The number of nitrogens with one attached hydrogen (secondary N) is 1. The monoisotopic (exact) mass is 414 g/mol. The fourth-order valence-corrected chi connectivity index (χ4v) is 4.76. The number of methoxy groups -OCH3 is 1. The Balaban J connectivity index is 1.61. The standard InChI is InChI=1S/C19H18N4O5S/c1-28-14-7-6-11(23(26)27)8-13(14)21-16(24)9-22-10-20-18-17(19(22)25)12-4-2-3-5-15(12)29-18/h6-8,10H,2-5,9H2,1H3,(H,21,24). The first-order valence-corrected chi connectivity index (χ1v) is 9.91. The Labute approximate surface area is 169 Å². The summed E-state index contributed by atoms with van der Waals surface area (Å²) in [5, 5.41) is 14.2. The summed E-state index contributed by atoms with van der Waals surface area (Å²) in [6, 6.07) is 3.91. The van der Waals surface area contributed by atoms with Gasteiger partial charge in [-0.15, -0.1) is 11.3 Å². The van der Waals surface area contributed by atoms with E-state index in [0.717, 1.165) is 31.2 Å². The lowest BCUT2D eigenvalue weighted by Crippen LogP contribution is -2.28. The summed E-state index contributed by atoms with van der Waals surface area (Å²) in [6.07, 6.45) is 5.34. The highest BCUT2D eigenvalue weighted by atomic mass is 32.1. The lowest BCUT2D eigenvalue weighted by molar-refractivity contribution is -0.384. The van der Waals surface area contributed by atoms with Crippen molar-refractivity contribution in [1.82, 2.24) is 9.55 Å². The van der Waals surface area contributed by atoms with Gasteiger partial charge in [0.15, 0.2) is 0 Å². The van der Waals surface area contributed by atoms with Gasteiger partial charge in [0.2, 0.25) is 5.91 Å². The lowest BCUT2D eigenvalue weighted by atomic mass is 9.97. The number of amides is 1. The number of aromatic nitrogens is 2. The first-order valence-electron chi connectivity index (χ1n) is 9.10. The molecule has 10 heteroatoms. The van der Waals surface area contributed by atoms with Crippen LogP contribution >= 0.6 is 11.3 Å². The number of thiophene rings is 1. The summed E-state index contributed by atoms with van der Waals surface area (Å²) in [6.45, 7) is -0.252. The fraction of sp³-hybridized carbons (Fsp3) is 0.316. The highest BCUT2D eigenvalue weighted by molar-refractivity contribution is 7.18. The SMILES string of the molecule is COc1ccc([N+](=O)[O-])cc1NC(=O)Cn1cnc2sc3c(c2c1=O)CCCC3. The zero-order chi connectivity index (χ0) is 20.5. The lowest BCUT2D eigenvalue weighted by Gasteiger charge is -2.12. The summed E-state index contributed by atoms with van der Waals surface area (Å²) < 4.78 is 6.41. The minimum absolute atomic E-state index is 0.168. The van der Waals surface area contributed by atoms with Gasteiger partial charge >= 0.3 is 0 Å². The second kappa shape index (κ2) is 7.63. The minimum atomic E-state index is -0.558. The Morgan fingerprint density at radius 2 is 2.17 bits per heavy atom. The molecule has 0 saturated heterocycles. The van der Waals surface area contributed by atoms with Gasteiger partial charge in [-0.3, -0.25) is 24.3 Å². The van der Waals surface area contributed by atoms with Gasteiger partial charge in [0.25, 0.3) is 11.2 Å². The third-order valence-corrected chi connectivity index (χ3v) is 6.12. The summed E-state index contributed by atoms with van der Waals surface area (Å²) in [7, 11) is 1.40. The third kappa shape index (κ3) is 3.58. The summed E-state index contributed by atoms with van der Waals surface area (Å²) in [4.78, 5) is 42.2. The predicted octanol–water partition coefficient (Wildman–Crippen LogP) is 2.89. The van der Waals surface area contributed by atoms with E-state index in [2.05, 4.69) is 10.3 Å². The van der Waals surface area contributed by atoms with E-state index in [0.29, 0.717) is 10.2 Å². The molecule has 1 amide bonds. The van der Waals surface area contributed by atoms with Crippen molar-refractivity contribution in [3.8, 4) is 5.75 Å². The number of carbonyl (C=O) groups excluding carboxylic acids is 1. The number of nitrogens with zero attached hydrogens (tertiary/aromatic N) is 3. The molecule has 1 aromatic carbocycles. The molecule has 150 valence electrons. The van der Waals surface area contributed by atoms with Crippen LogP contribution in [0.15, 0.2) is 29.3 Å². The quantitative estimate of drug-likeness (QED) is 0.507. The van der Waals surface area contributed by atoms with Crippen molar-refractivity contribution < 1.29 is 14.5 Å². The number of aryl methyl sites for hydroxylation is 2. The van der Waals surface area contributed by atoms with Crippen LogP contribution in [0.2, 0.25) is 0 Å². The molecule has 2 aromatic heterocycles. The summed E-state index contributed by atoms with van der Waals surface area (Å²) in [5.74, 6) is -0.215. The molecule has 0 bridgehead atoms. The van der Waals surface area contributed by atoms with Gasteiger partial charge < -0.3 is 10.1 Å². The molecule has 9 nitrogen and oxygen atoms in total. The molecule has 1 N–H and O–H groups in total. The average Bonchev–Trinajstić information content (AvgIpc) is 3.09. The number of rotatable bonds is 5. The topological polar surface area (TPSA) is 116 Å². The zero-order valence-electron chi connectivity index (χ0n) is 15.6. The van der Waals surface area contributed by atoms with Gasteiger partial charge in [-0.2, -0.15) is 0 Å². The molecule has 0 saturated carbocycles. The number of benzene rings is 1. The van der Waals surface area contributed by atoms with Crippen LogP contribution in [0, 0.1) is 10.1 Å². The summed E-state index contributed by atoms with van der Waals surface area (Å²) >= 11 is 1.55. The van der Waals surface area contributed by atoms with Crippen LogP contribution in [0.25, 0.3) is 10.2 Å². The van der Waals surface area contributed by atoms with Crippen molar-refractivity contribution in [3.05, 3.63) is 55.4 Å². The first-order chi connectivity index (χ1) is 14.0. The molecular weight excluding hydrogens is 396 g/mol. The molecule has 0 radical (unpaired) electrons. The Hall–Kier alpha value is -3.27. The third-order valence-electron chi connectivity index (χ3n) is 4.92. The molecule has 3 aromatic rings. The van der Waals surface area contributed by atoms with E-state index in [1.165, 1.54) is 41.1 Å². The van der Waals surface area contributed by atoms with Gasteiger partial charge in [0, 0.05) is 17.0 Å². The van der Waals surface area contributed by atoms with Crippen LogP contribution < -0.4 is 15.6 Å². The summed E-state index contributed by atoms with van der Waals surface area (Å²) in [5.41, 5.74) is 0.812.